The molecule has 156 valence electrons. The molecule has 1 aliphatic carbocycles. The standard InChI is InChI=1S/C23H25N3O3S/c1-29-14-6-13-24-22(28)20-16-8-3-5-10-19(16)30-23(20)26-21(27)18-12-11-15-7-2-4-9-17(15)25-18/h2,4,7,9,11-12H,3,5-6,8,10,13-14H2,1H3,(H,24,28)(H,26,27). The number of ether oxygens (including phenoxy) is 1. The van der Waals surface area contributed by atoms with E-state index in [1.54, 1.807) is 13.2 Å². The lowest BCUT2D eigenvalue weighted by Gasteiger charge is -2.13. The van der Waals surface area contributed by atoms with Gasteiger partial charge in [-0.25, -0.2) is 4.98 Å². The Bertz CT molecular complexity index is 1080. The summed E-state index contributed by atoms with van der Waals surface area (Å²) < 4.78 is 5.05. The van der Waals surface area contributed by atoms with E-state index < -0.39 is 0 Å². The zero-order chi connectivity index (χ0) is 20.9. The van der Waals surface area contributed by atoms with Crippen molar-refractivity contribution in [1.29, 1.82) is 0 Å². The molecule has 0 unspecified atom stereocenters. The van der Waals surface area contributed by atoms with Gasteiger partial charge in [-0.05, 0) is 49.8 Å². The van der Waals surface area contributed by atoms with Crippen molar-refractivity contribution in [2.24, 2.45) is 0 Å². The first-order valence-corrected chi connectivity index (χ1v) is 11.1. The molecule has 0 radical (unpaired) electrons. The zero-order valence-electron chi connectivity index (χ0n) is 17.0. The van der Waals surface area contributed by atoms with Crippen LogP contribution < -0.4 is 10.6 Å². The van der Waals surface area contributed by atoms with Crippen LogP contribution in [0.1, 0.15) is 50.5 Å². The van der Waals surface area contributed by atoms with Crippen LogP contribution in [0, 0.1) is 0 Å². The number of rotatable bonds is 7. The largest absolute Gasteiger partial charge is 0.385 e. The van der Waals surface area contributed by atoms with E-state index in [1.807, 2.05) is 30.3 Å². The van der Waals surface area contributed by atoms with Crippen LogP contribution in [-0.4, -0.2) is 37.1 Å². The third kappa shape index (κ3) is 4.37. The third-order valence-electron chi connectivity index (χ3n) is 5.27. The number of anilines is 1. The predicted molar refractivity (Wildman–Crippen MR) is 119 cm³/mol. The summed E-state index contributed by atoms with van der Waals surface area (Å²) >= 11 is 1.52. The maximum absolute atomic E-state index is 12.9. The van der Waals surface area contributed by atoms with E-state index in [2.05, 4.69) is 15.6 Å². The van der Waals surface area contributed by atoms with Gasteiger partial charge in [-0.1, -0.05) is 24.3 Å². The van der Waals surface area contributed by atoms with E-state index in [4.69, 9.17) is 4.74 Å². The number of benzene rings is 1. The van der Waals surface area contributed by atoms with E-state index in [0.717, 1.165) is 48.6 Å². The summed E-state index contributed by atoms with van der Waals surface area (Å²) in [5.41, 5.74) is 2.80. The molecular formula is C23H25N3O3S. The summed E-state index contributed by atoms with van der Waals surface area (Å²) in [6.07, 6.45) is 4.75. The van der Waals surface area contributed by atoms with Crippen molar-refractivity contribution in [2.75, 3.05) is 25.6 Å². The van der Waals surface area contributed by atoms with Crippen molar-refractivity contribution in [1.82, 2.24) is 10.3 Å². The fraction of sp³-hybridized carbons (Fsp3) is 0.348. The first-order valence-electron chi connectivity index (χ1n) is 10.3. The molecule has 3 aromatic rings. The second-order valence-electron chi connectivity index (χ2n) is 7.36. The van der Waals surface area contributed by atoms with E-state index in [1.165, 1.54) is 16.2 Å². The van der Waals surface area contributed by atoms with Crippen LogP contribution in [-0.2, 0) is 17.6 Å². The molecule has 6 nitrogen and oxygen atoms in total. The molecule has 0 atom stereocenters. The summed E-state index contributed by atoms with van der Waals surface area (Å²) in [5, 5.41) is 7.53. The molecule has 2 amide bonds. The van der Waals surface area contributed by atoms with E-state index in [0.29, 0.717) is 29.4 Å². The maximum atomic E-state index is 12.9. The van der Waals surface area contributed by atoms with Crippen LogP contribution in [0.5, 0.6) is 0 Å². The van der Waals surface area contributed by atoms with Crippen LogP contribution in [0.2, 0.25) is 0 Å². The van der Waals surface area contributed by atoms with Crippen LogP contribution >= 0.6 is 11.3 Å². The summed E-state index contributed by atoms with van der Waals surface area (Å²) in [4.78, 5) is 31.5. The Morgan fingerprint density at radius 2 is 1.93 bits per heavy atom. The third-order valence-corrected chi connectivity index (χ3v) is 6.47. The van der Waals surface area contributed by atoms with E-state index >= 15 is 0 Å². The Kier molecular flexibility index (Phi) is 6.40. The average molecular weight is 424 g/mol. The van der Waals surface area contributed by atoms with E-state index in [9.17, 15) is 9.59 Å². The maximum Gasteiger partial charge on any atom is 0.274 e. The smallest absolute Gasteiger partial charge is 0.274 e. The molecular weight excluding hydrogens is 398 g/mol. The Morgan fingerprint density at radius 1 is 1.10 bits per heavy atom. The van der Waals surface area contributed by atoms with Crippen LogP contribution in [0.15, 0.2) is 36.4 Å². The minimum Gasteiger partial charge on any atom is -0.385 e. The Labute approximate surface area is 179 Å². The highest BCUT2D eigenvalue weighted by molar-refractivity contribution is 7.17. The van der Waals surface area contributed by atoms with Gasteiger partial charge >= 0.3 is 0 Å². The van der Waals surface area contributed by atoms with Gasteiger partial charge in [-0.15, -0.1) is 11.3 Å². The number of aryl methyl sites for hydroxylation is 1. The quantitative estimate of drug-likeness (QED) is 0.558. The molecule has 0 saturated heterocycles. The number of amides is 2. The number of hydrogen-bond acceptors (Lipinski definition) is 5. The van der Waals surface area contributed by atoms with Crippen molar-refractivity contribution in [3.05, 3.63) is 58.1 Å². The zero-order valence-corrected chi connectivity index (χ0v) is 17.8. The van der Waals surface area contributed by atoms with Gasteiger partial charge in [-0.3, -0.25) is 9.59 Å². The fourth-order valence-corrected chi connectivity index (χ4v) is 5.04. The number of fused-ring (bicyclic) bond motifs is 2. The van der Waals surface area contributed by atoms with Gasteiger partial charge < -0.3 is 15.4 Å². The number of carbonyl (C=O) groups is 2. The van der Waals surface area contributed by atoms with Gasteiger partial charge in [0, 0.05) is 30.5 Å². The van der Waals surface area contributed by atoms with Crippen molar-refractivity contribution in [3.63, 3.8) is 0 Å². The van der Waals surface area contributed by atoms with Crippen LogP contribution in [0.3, 0.4) is 0 Å². The highest BCUT2D eigenvalue weighted by Gasteiger charge is 2.26. The van der Waals surface area contributed by atoms with Gasteiger partial charge in [0.05, 0.1) is 11.1 Å². The molecule has 0 fully saturated rings. The lowest BCUT2D eigenvalue weighted by molar-refractivity contribution is 0.0948. The second kappa shape index (κ2) is 9.36. The molecule has 0 bridgehead atoms. The number of nitrogens with one attached hydrogen (secondary N) is 2. The minimum absolute atomic E-state index is 0.132. The molecule has 0 aliphatic heterocycles. The topological polar surface area (TPSA) is 80.3 Å². The number of aromatic nitrogens is 1. The molecule has 7 heteroatoms. The van der Waals surface area contributed by atoms with E-state index in [-0.39, 0.29) is 11.8 Å². The van der Waals surface area contributed by atoms with Gasteiger partial charge in [0.15, 0.2) is 0 Å². The lowest BCUT2D eigenvalue weighted by Crippen LogP contribution is -2.27. The predicted octanol–water partition coefficient (Wildman–Crippen LogP) is 4.19. The number of pyridine rings is 1. The SMILES string of the molecule is COCCCNC(=O)c1c(NC(=O)c2ccc3ccccc3n2)sc2c1CCCC2. The number of para-hydroxylation sites is 1. The average Bonchev–Trinajstić information content (AvgIpc) is 3.14. The molecule has 1 aliphatic rings. The summed E-state index contributed by atoms with van der Waals surface area (Å²) in [6, 6.07) is 11.3. The number of carbonyl (C=O) groups excluding carboxylic acids is 2. The fourth-order valence-electron chi connectivity index (χ4n) is 3.76. The Hall–Kier alpha value is -2.77. The van der Waals surface area contributed by atoms with Gasteiger partial charge in [0.25, 0.3) is 11.8 Å². The molecule has 0 saturated carbocycles. The van der Waals surface area contributed by atoms with Crippen molar-refractivity contribution < 1.29 is 14.3 Å². The van der Waals surface area contributed by atoms with Crippen LogP contribution in [0.4, 0.5) is 5.00 Å². The first-order chi connectivity index (χ1) is 14.7. The summed E-state index contributed by atoms with van der Waals surface area (Å²) in [7, 11) is 1.64. The molecule has 2 heterocycles. The number of nitrogens with zero attached hydrogens (tertiary/aromatic N) is 1. The molecule has 30 heavy (non-hydrogen) atoms. The monoisotopic (exact) mass is 423 g/mol. The first kappa shape index (κ1) is 20.5. The molecule has 4 rings (SSSR count). The summed E-state index contributed by atoms with van der Waals surface area (Å²) in [6.45, 7) is 1.14. The number of hydrogen-bond donors (Lipinski definition) is 2. The van der Waals surface area contributed by atoms with Gasteiger partial charge in [0.2, 0.25) is 0 Å². The highest BCUT2D eigenvalue weighted by Crippen LogP contribution is 2.38. The van der Waals surface area contributed by atoms with Gasteiger partial charge in [-0.2, -0.15) is 0 Å². The molecule has 2 N–H and O–H groups in total. The molecule has 1 aromatic carbocycles. The number of thiophene rings is 1. The van der Waals surface area contributed by atoms with Crippen molar-refractivity contribution in [2.45, 2.75) is 32.1 Å². The Morgan fingerprint density at radius 3 is 2.80 bits per heavy atom. The Balaban J connectivity index is 1.58. The minimum atomic E-state index is -0.298. The molecule has 0 spiro atoms. The summed E-state index contributed by atoms with van der Waals surface area (Å²) in [5.74, 6) is -0.431. The molecule has 2 aromatic heterocycles. The normalized spacial score (nSPS) is 13.1. The van der Waals surface area contributed by atoms with Crippen molar-refractivity contribution in [3.8, 4) is 0 Å². The van der Waals surface area contributed by atoms with Gasteiger partial charge in [0.1, 0.15) is 10.7 Å². The van der Waals surface area contributed by atoms with Crippen LogP contribution in [0.25, 0.3) is 10.9 Å². The second-order valence-corrected chi connectivity index (χ2v) is 8.47. The number of methoxy groups -OCH3 is 1. The van der Waals surface area contributed by atoms with Crippen molar-refractivity contribution >= 4 is 39.1 Å². The lowest BCUT2D eigenvalue weighted by atomic mass is 9.95. The highest BCUT2D eigenvalue weighted by atomic mass is 32.1.